The molecule has 1 heteroatoms. The lowest BCUT2D eigenvalue weighted by atomic mass is 9.63. The van der Waals surface area contributed by atoms with Crippen LogP contribution >= 0.6 is 0 Å². The van der Waals surface area contributed by atoms with Crippen LogP contribution in [0.15, 0.2) is 0 Å². The second-order valence-corrected chi connectivity index (χ2v) is 6.39. The fourth-order valence-corrected chi connectivity index (χ4v) is 4.35. The largest absolute Gasteiger partial charge is 0.316 e. The summed E-state index contributed by atoms with van der Waals surface area (Å²) in [6.45, 7) is 5.20. The zero-order valence-electron chi connectivity index (χ0n) is 10.1. The van der Waals surface area contributed by atoms with Gasteiger partial charge in [0.15, 0.2) is 0 Å². The first-order valence-electron chi connectivity index (χ1n) is 7.01. The van der Waals surface area contributed by atoms with Crippen molar-refractivity contribution in [2.45, 2.75) is 51.9 Å². The zero-order chi connectivity index (χ0) is 10.3. The molecule has 0 aromatic heterocycles. The molecular formula is C14H25N. The van der Waals surface area contributed by atoms with E-state index >= 15 is 0 Å². The Hall–Kier alpha value is -0.0400. The van der Waals surface area contributed by atoms with Gasteiger partial charge in [0.2, 0.25) is 0 Å². The Balaban J connectivity index is 1.76. The van der Waals surface area contributed by atoms with E-state index in [1.807, 2.05) is 0 Å². The van der Waals surface area contributed by atoms with Crippen molar-refractivity contribution in [2.75, 3.05) is 13.1 Å². The van der Waals surface area contributed by atoms with E-state index in [4.69, 9.17) is 0 Å². The molecule has 0 aromatic rings. The Morgan fingerprint density at radius 3 is 2.47 bits per heavy atom. The van der Waals surface area contributed by atoms with Gasteiger partial charge in [0.1, 0.15) is 0 Å². The molecule has 2 saturated carbocycles. The topological polar surface area (TPSA) is 12.0 Å². The average Bonchev–Trinajstić information content (AvgIpc) is 2.98. The van der Waals surface area contributed by atoms with Gasteiger partial charge >= 0.3 is 0 Å². The smallest absolute Gasteiger partial charge is 0.00125 e. The van der Waals surface area contributed by atoms with Crippen LogP contribution in [0.5, 0.6) is 0 Å². The van der Waals surface area contributed by atoms with E-state index in [-0.39, 0.29) is 0 Å². The third kappa shape index (κ3) is 1.73. The summed E-state index contributed by atoms with van der Waals surface area (Å²) in [5.74, 6) is 3.15. The highest BCUT2D eigenvalue weighted by Crippen LogP contribution is 2.56. The normalized spacial score (nSPS) is 43.4. The summed E-state index contributed by atoms with van der Waals surface area (Å²) in [4.78, 5) is 0. The molecular weight excluding hydrogens is 182 g/mol. The molecule has 2 aliphatic carbocycles. The van der Waals surface area contributed by atoms with Gasteiger partial charge in [-0.2, -0.15) is 0 Å². The molecule has 3 fully saturated rings. The fourth-order valence-electron chi connectivity index (χ4n) is 4.35. The predicted octanol–water partition coefficient (Wildman–Crippen LogP) is 3.20. The third-order valence-corrected chi connectivity index (χ3v) is 5.53. The molecule has 1 saturated heterocycles. The Bertz CT molecular complexity index is 227. The van der Waals surface area contributed by atoms with Crippen LogP contribution in [-0.2, 0) is 0 Å². The van der Waals surface area contributed by atoms with Crippen molar-refractivity contribution in [3.63, 3.8) is 0 Å². The summed E-state index contributed by atoms with van der Waals surface area (Å²) in [7, 11) is 0. The molecule has 1 heterocycles. The number of rotatable bonds is 2. The van der Waals surface area contributed by atoms with Gasteiger partial charge in [0.05, 0.1) is 0 Å². The minimum absolute atomic E-state index is 0.709. The van der Waals surface area contributed by atoms with E-state index in [0.717, 1.165) is 17.8 Å². The first kappa shape index (κ1) is 10.1. The molecule has 1 N–H and O–H groups in total. The molecule has 0 bridgehead atoms. The number of hydrogen-bond acceptors (Lipinski definition) is 1. The van der Waals surface area contributed by atoms with Crippen LogP contribution in [0, 0.1) is 23.2 Å². The van der Waals surface area contributed by atoms with Gasteiger partial charge in [-0.25, -0.2) is 0 Å². The quantitative estimate of drug-likeness (QED) is 0.733. The number of hydrogen-bond donors (Lipinski definition) is 1. The first-order chi connectivity index (χ1) is 7.31. The molecule has 0 spiro atoms. The lowest BCUT2D eigenvalue weighted by Crippen LogP contribution is -2.47. The Morgan fingerprint density at radius 2 is 1.80 bits per heavy atom. The highest BCUT2D eigenvalue weighted by atomic mass is 14.9. The van der Waals surface area contributed by atoms with E-state index in [1.165, 1.54) is 58.0 Å². The fraction of sp³-hybridized carbons (Fsp3) is 1.00. The van der Waals surface area contributed by atoms with Gasteiger partial charge in [0, 0.05) is 0 Å². The summed E-state index contributed by atoms with van der Waals surface area (Å²) in [5.41, 5.74) is 0.709. The summed E-state index contributed by atoms with van der Waals surface area (Å²) in [5, 5.41) is 3.65. The van der Waals surface area contributed by atoms with E-state index in [0.29, 0.717) is 5.41 Å². The molecule has 2 atom stereocenters. The van der Waals surface area contributed by atoms with Crippen LogP contribution in [-0.4, -0.2) is 13.1 Å². The lowest BCUT2D eigenvalue weighted by Gasteiger charge is -2.45. The van der Waals surface area contributed by atoms with Gasteiger partial charge in [-0.1, -0.05) is 32.6 Å². The van der Waals surface area contributed by atoms with Crippen molar-refractivity contribution < 1.29 is 0 Å². The Kier molecular flexibility index (Phi) is 2.54. The van der Waals surface area contributed by atoms with Crippen LogP contribution in [0.3, 0.4) is 0 Å². The molecule has 0 radical (unpaired) electrons. The van der Waals surface area contributed by atoms with Crippen LogP contribution < -0.4 is 5.32 Å². The summed E-state index contributed by atoms with van der Waals surface area (Å²) < 4.78 is 0. The maximum absolute atomic E-state index is 3.65. The highest BCUT2D eigenvalue weighted by Gasteiger charge is 2.50. The van der Waals surface area contributed by atoms with Crippen LogP contribution in [0.4, 0.5) is 0 Å². The number of piperidine rings is 1. The van der Waals surface area contributed by atoms with Gasteiger partial charge in [0.25, 0.3) is 0 Å². The van der Waals surface area contributed by atoms with Crippen molar-refractivity contribution >= 4 is 0 Å². The number of nitrogens with one attached hydrogen (secondary N) is 1. The van der Waals surface area contributed by atoms with Gasteiger partial charge in [-0.15, -0.1) is 0 Å². The molecule has 3 rings (SSSR count). The van der Waals surface area contributed by atoms with Crippen molar-refractivity contribution in [3.8, 4) is 0 Å². The minimum atomic E-state index is 0.709. The minimum Gasteiger partial charge on any atom is -0.316 e. The maximum atomic E-state index is 3.65. The van der Waals surface area contributed by atoms with Gasteiger partial charge < -0.3 is 5.32 Å². The molecule has 86 valence electrons. The lowest BCUT2D eigenvalue weighted by molar-refractivity contribution is 0.0560. The van der Waals surface area contributed by atoms with E-state index in [9.17, 15) is 0 Å². The second-order valence-electron chi connectivity index (χ2n) is 6.39. The molecule has 0 amide bonds. The zero-order valence-corrected chi connectivity index (χ0v) is 10.1. The van der Waals surface area contributed by atoms with Gasteiger partial charge in [-0.3, -0.25) is 0 Å². The van der Waals surface area contributed by atoms with E-state index in [2.05, 4.69) is 12.2 Å². The SMILES string of the molecule is CC1(C2CC2)CCNCC1C1CCCC1. The second kappa shape index (κ2) is 3.76. The van der Waals surface area contributed by atoms with Crippen LogP contribution in [0.25, 0.3) is 0 Å². The van der Waals surface area contributed by atoms with Crippen molar-refractivity contribution in [3.05, 3.63) is 0 Å². The van der Waals surface area contributed by atoms with Gasteiger partial charge in [-0.05, 0) is 55.5 Å². The molecule has 3 aliphatic rings. The predicted molar refractivity (Wildman–Crippen MR) is 63.8 cm³/mol. The van der Waals surface area contributed by atoms with E-state index < -0.39 is 0 Å². The Labute approximate surface area is 94.0 Å². The first-order valence-corrected chi connectivity index (χ1v) is 7.01. The van der Waals surface area contributed by atoms with Crippen LogP contribution in [0.1, 0.15) is 51.9 Å². The molecule has 2 unspecified atom stereocenters. The standard InChI is InChI=1S/C14H25N/c1-14(12-6-7-12)8-9-15-10-13(14)11-4-2-3-5-11/h11-13,15H,2-10H2,1H3. The molecule has 15 heavy (non-hydrogen) atoms. The average molecular weight is 207 g/mol. The van der Waals surface area contributed by atoms with Crippen molar-refractivity contribution in [1.29, 1.82) is 0 Å². The summed E-state index contributed by atoms with van der Waals surface area (Å²) in [6.07, 6.45) is 10.5. The molecule has 1 aliphatic heterocycles. The monoisotopic (exact) mass is 207 g/mol. The summed E-state index contributed by atoms with van der Waals surface area (Å²) in [6, 6.07) is 0. The van der Waals surface area contributed by atoms with Crippen molar-refractivity contribution in [1.82, 2.24) is 5.32 Å². The van der Waals surface area contributed by atoms with Crippen LogP contribution in [0.2, 0.25) is 0 Å². The summed E-state index contributed by atoms with van der Waals surface area (Å²) >= 11 is 0. The third-order valence-electron chi connectivity index (χ3n) is 5.53. The van der Waals surface area contributed by atoms with Crippen molar-refractivity contribution in [2.24, 2.45) is 23.2 Å². The highest BCUT2D eigenvalue weighted by molar-refractivity contribution is 5.01. The molecule has 1 nitrogen and oxygen atoms in total. The van der Waals surface area contributed by atoms with E-state index in [1.54, 1.807) is 0 Å². The molecule has 0 aromatic carbocycles. The Morgan fingerprint density at radius 1 is 1.07 bits per heavy atom. The maximum Gasteiger partial charge on any atom is -0.00125 e.